The van der Waals surface area contributed by atoms with Crippen LogP contribution in [0.5, 0.6) is 0 Å². The minimum absolute atomic E-state index is 0.230. The van der Waals surface area contributed by atoms with Gasteiger partial charge in [-0.1, -0.05) is 47.6 Å². The van der Waals surface area contributed by atoms with Crippen molar-refractivity contribution in [3.63, 3.8) is 0 Å². The van der Waals surface area contributed by atoms with Crippen LogP contribution in [0, 0.1) is 6.92 Å². The van der Waals surface area contributed by atoms with Crippen molar-refractivity contribution in [2.45, 2.75) is 12.1 Å². The molecule has 0 saturated carbocycles. The summed E-state index contributed by atoms with van der Waals surface area (Å²) in [5.74, 6) is 0.391. The second-order valence-electron chi connectivity index (χ2n) is 4.65. The number of fused-ring (bicyclic) bond motifs is 1. The van der Waals surface area contributed by atoms with E-state index in [2.05, 4.69) is 15.6 Å². The van der Waals surface area contributed by atoms with Crippen molar-refractivity contribution >= 4 is 40.0 Å². The SMILES string of the molecule is CSc1nnc(C)n1NC(=O)c1cccc2c(Cl)cccc12. The molecule has 1 amide bonds. The van der Waals surface area contributed by atoms with Gasteiger partial charge in [-0.3, -0.25) is 10.2 Å². The zero-order valence-electron chi connectivity index (χ0n) is 12.0. The van der Waals surface area contributed by atoms with Gasteiger partial charge in [-0.15, -0.1) is 10.2 Å². The molecule has 7 heteroatoms. The normalized spacial score (nSPS) is 10.9. The van der Waals surface area contributed by atoms with Crippen LogP contribution in [0.15, 0.2) is 41.6 Å². The lowest BCUT2D eigenvalue weighted by Gasteiger charge is -2.11. The maximum atomic E-state index is 12.6. The van der Waals surface area contributed by atoms with Crippen molar-refractivity contribution in [2.75, 3.05) is 11.7 Å². The number of amides is 1. The summed E-state index contributed by atoms with van der Waals surface area (Å²) in [6, 6.07) is 11.0. The fourth-order valence-corrected chi connectivity index (χ4v) is 2.96. The number of aryl methyl sites for hydroxylation is 1. The number of thioether (sulfide) groups is 1. The molecule has 0 aliphatic rings. The van der Waals surface area contributed by atoms with E-state index in [1.54, 1.807) is 23.7 Å². The zero-order chi connectivity index (χ0) is 15.7. The topological polar surface area (TPSA) is 59.8 Å². The molecular formula is C15H13ClN4OS. The Morgan fingerprint density at radius 1 is 1.18 bits per heavy atom. The molecule has 22 heavy (non-hydrogen) atoms. The lowest BCUT2D eigenvalue weighted by molar-refractivity contribution is 0.101. The second kappa shape index (κ2) is 5.98. The maximum absolute atomic E-state index is 12.6. The van der Waals surface area contributed by atoms with Gasteiger partial charge in [-0.05, 0) is 30.7 Å². The monoisotopic (exact) mass is 332 g/mol. The molecule has 0 atom stereocenters. The molecule has 1 N–H and O–H groups in total. The largest absolute Gasteiger partial charge is 0.270 e. The molecule has 0 fully saturated rings. The minimum atomic E-state index is -0.230. The predicted octanol–water partition coefficient (Wildman–Crippen LogP) is 3.50. The van der Waals surface area contributed by atoms with Crippen molar-refractivity contribution in [2.24, 2.45) is 0 Å². The molecule has 0 unspecified atom stereocenters. The molecule has 1 heterocycles. The third kappa shape index (κ3) is 2.55. The van der Waals surface area contributed by atoms with E-state index < -0.39 is 0 Å². The molecule has 0 aliphatic carbocycles. The Kier molecular flexibility index (Phi) is 4.04. The van der Waals surface area contributed by atoms with E-state index in [0.29, 0.717) is 21.6 Å². The van der Waals surface area contributed by atoms with Crippen LogP contribution in [0.1, 0.15) is 16.2 Å². The van der Waals surface area contributed by atoms with E-state index in [1.165, 1.54) is 11.8 Å². The second-order valence-corrected chi connectivity index (χ2v) is 5.83. The van der Waals surface area contributed by atoms with E-state index in [-0.39, 0.29) is 5.91 Å². The zero-order valence-corrected chi connectivity index (χ0v) is 13.6. The van der Waals surface area contributed by atoms with E-state index in [9.17, 15) is 4.79 Å². The number of carbonyl (C=O) groups excluding carboxylic acids is 1. The molecule has 0 bridgehead atoms. The van der Waals surface area contributed by atoms with Gasteiger partial charge in [0.1, 0.15) is 5.82 Å². The molecule has 0 aliphatic heterocycles. The number of nitrogens with zero attached hydrogens (tertiary/aromatic N) is 3. The standard InChI is InChI=1S/C15H13ClN4OS/c1-9-17-18-15(22-2)20(9)19-14(21)12-7-3-6-11-10(12)5-4-8-13(11)16/h3-8H,1-2H3,(H,19,21). The Balaban J connectivity index is 2.03. The first-order chi connectivity index (χ1) is 10.6. The van der Waals surface area contributed by atoms with Gasteiger partial charge in [-0.25, -0.2) is 4.68 Å². The fraction of sp³-hybridized carbons (Fsp3) is 0.133. The van der Waals surface area contributed by atoms with Crippen LogP contribution in [0.25, 0.3) is 10.8 Å². The number of halogens is 1. The summed E-state index contributed by atoms with van der Waals surface area (Å²) in [4.78, 5) is 12.6. The number of hydrogen-bond acceptors (Lipinski definition) is 4. The number of hydrogen-bond donors (Lipinski definition) is 1. The van der Waals surface area contributed by atoms with Crippen LogP contribution in [0.2, 0.25) is 5.02 Å². The first-order valence-corrected chi connectivity index (χ1v) is 8.16. The summed E-state index contributed by atoms with van der Waals surface area (Å²) in [6.07, 6.45) is 1.88. The number of rotatable bonds is 3. The van der Waals surface area contributed by atoms with Crippen molar-refractivity contribution in [1.82, 2.24) is 14.9 Å². The molecule has 0 spiro atoms. The van der Waals surface area contributed by atoms with Crippen LogP contribution in [0.3, 0.4) is 0 Å². The average Bonchev–Trinajstić information content (AvgIpc) is 2.87. The Hall–Kier alpha value is -2.05. The molecule has 3 aromatic rings. The van der Waals surface area contributed by atoms with E-state index in [4.69, 9.17) is 11.6 Å². The van der Waals surface area contributed by atoms with Crippen molar-refractivity contribution in [3.8, 4) is 0 Å². The number of aromatic nitrogens is 3. The van der Waals surface area contributed by atoms with Gasteiger partial charge in [0.15, 0.2) is 0 Å². The highest BCUT2D eigenvalue weighted by Gasteiger charge is 2.15. The molecular weight excluding hydrogens is 320 g/mol. The smallest absolute Gasteiger partial charge is 0.267 e. The highest BCUT2D eigenvalue weighted by molar-refractivity contribution is 7.98. The fourth-order valence-electron chi connectivity index (χ4n) is 2.24. The summed E-state index contributed by atoms with van der Waals surface area (Å²) >= 11 is 7.60. The van der Waals surface area contributed by atoms with Crippen LogP contribution in [-0.4, -0.2) is 27.0 Å². The van der Waals surface area contributed by atoms with Gasteiger partial charge < -0.3 is 0 Å². The Morgan fingerprint density at radius 3 is 2.68 bits per heavy atom. The Morgan fingerprint density at radius 2 is 1.91 bits per heavy atom. The summed E-state index contributed by atoms with van der Waals surface area (Å²) in [6.45, 7) is 1.78. The quantitative estimate of drug-likeness (QED) is 0.746. The summed E-state index contributed by atoms with van der Waals surface area (Å²) in [5.41, 5.74) is 3.38. The summed E-state index contributed by atoms with van der Waals surface area (Å²) in [5, 5.41) is 10.9. The number of nitrogens with one attached hydrogen (secondary N) is 1. The van der Waals surface area contributed by atoms with Crippen molar-refractivity contribution in [1.29, 1.82) is 0 Å². The maximum Gasteiger partial charge on any atom is 0.270 e. The first-order valence-electron chi connectivity index (χ1n) is 6.56. The van der Waals surface area contributed by atoms with Crippen LogP contribution in [0.4, 0.5) is 0 Å². The summed E-state index contributed by atoms with van der Waals surface area (Å²) < 4.78 is 1.58. The van der Waals surface area contributed by atoms with Crippen LogP contribution >= 0.6 is 23.4 Å². The van der Waals surface area contributed by atoms with Gasteiger partial charge in [0.05, 0.1) is 0 Å². The highest BCUT2D eigenvalue weighted by atomic mass is 35.5. The molecule has 112 valence electrons. The van der Waals surface area contributed by atoms with Crippen LogP contribution < -0.4 is 5.43 Å². The van der Waals surface area contributed by atoms with Gasteiger partial charge >= 0.3 is 0 Å². The lowest BCUT2D eigenvalue weighted by Crippen LogP contribution is -2.24. The molecule has 1 aromatic heterocycles. The molecule has 5 nitrogen and oxygen atoms in total. The van der Waals surface area contributed by atoms with Gasteiger partial charge in [0.25, 0.3) is 5.91 Å². The third-order valence-corrected chi connectivity index (χ3v) is 4.26. The molecule has 3 rings (SSSR count). The predicted molar refractivity (Wildman–Crippen MR) is 89.2 cm³/mol. The van der Waals surface area contributed by atoms with Crippen molar-refractivity contribution < 1.29 is 4.79 Å². The molecule has 0 radical (unpaired) electrons. The average molecular weight is 333 g/mol. The highest BCUT2D eigenvalue weighted by Crippen LogP contribution is 2.26. The Bertz CT molecular complexity index is 862. The van der Waals surface area contributed by atoms with Crippen LogP contribution in [-0.2, 0) is 0 Å². The lowest BCUT2D eigenvalue weighted by atomic mass is 10.0. The third-order valence-electron chi connectivity index (χ3n) is 3.30. The van der Waals surface area contributed by atoms with E-state index in [0.717, 1.165) is 10.8 Å². The Labute approximate surface area is 136 Å². The first kappa shape index (κ1) is 14.9. The van der Waals surface area contributed by atoms with E-state index >= 15 is 0 Å². The number of carbonyl (C=O) groups is 1. The van der Waals surface area contributed by atoms with E-state index in [1.807, 2.05) is 30.5 Å². The molecule has 2 aromatic carbocycles. The van der Waals surface area contributed by atoms with Gasteiger partial charge in [-0.2, -0.15) is 0 Å². The minimum Gasteiger partial charge on any atom is -0.267 e. The van der Waals surface area contributed by atoms with Gasteiger partial charge in [0, 0.05) is 16.0 Å². The van der Waals surface area contributed by atoms with Crippen molar-refractivity contribution in [3.05, 3.63) is 52.8 Å². The van der Waals surface area contributed by atoms with Gasteiger partial charge in [0.2, 0.25) is 5.16 Å². The number of benzene rings is 2. The molecule has 0 saturated heterocycles. The summed E-state index contributed by atoms with van der Waals surface area (Å²) in [7, 11) is 0.